The number of fused-ring (bicyclic) bond motifs is 1. The van der Waals surface area contributed by atoms with Gasteiger partial charge in [0.2, 0.25) is 5.88 Å². The Morgan fingerprint density at radius 1 is 1.42 bits per heavy atom. The maximum Gasteiger partial charge on any atom is 0.343 e. The lowest BCUT2D eigenvalue weighted by atomic mass is 9.87. The number of carbonyl (C=O) groups is 1. The lowest BCUT2D eigenvalue weighted by Crippen LogP contribution is -2.21. The molecule has 2 aromatic rings. The third kappa shape index (κ3) is 2.78. The van der Waals surface area contributed by atoms with Gasteiger partial charge < -0.3 is 19.9 Å². The number of carbonyl (C=O) groups excluding carboxylic acids is 1. The van der Waals surface area contributed by atoms with Crippen LogP contribution < -0.4 is 15.2 Å². The second-order valence-corrected chi connectivity index (χ2v) is 6.87. The van der Waals surface area contributed by atoms with E-state index >= 15 is 0 Å². The maximum atomic E-state index is 12.4. The second-order valence-electron chi connectivity index (χ2n) is 5.61. The predicted octanol–water partition coefficient (Wildman–Crippen LogP) is 3.46. The summed E-state index contributed by atoms with van der Waals surface area (Å²) in [6.07, 6.45) is 0. The summed E-state index contributed by atoms with van der Waals surface area (Å²) in [6.45, 7) is 3.82. The molecular weight excluding hydrogens is 352 g/mol. The minimum Gasteiger partial charge on any atom is -0.496 e. The minimum atomic E-state index is -0.466. The van der Waals surface area contributed by atoms with Crippen LogP contribution in [0.1, 0.15) is 38.5 Å². The smallest absolute Gasteiger partial charge is 0.343 e. The first-order valence-electron chi connectivity index (χ1n) is 8.04. The highest BCUT2D eigenvalue weighted by Gasteiger charge is 2.38. The summed E-state index contributed by atoms with van der Waals surface area (Å²) >= 11 is 1.39. The van der Waals surface area contributed by atoms with E-state index in [0.29, 0.717) is 22.6 Å². The van der Waals surface area contributed by atoms with Gasteiger partial charge in [-0.1, -0.05) is 18.2 Å². The number of nitrogens with two attached hydrogens (primary N) is 1. The fraction of sp³-hybridized carbons (Fsp3) is 0.263. The number of benzene rings is 1. The number of nitriles is 1. The van der Waals surface area contributed by atoms with E-state index in [9.17, 15) is 10.1 Å². The Morgan fingerprint density at radius 2 is 2.15 bits per heavy atom. The molecule has 1 unspecified atom stereocenters. The van der Waals surface area contributed by atoms with Crippen LogP contribution in [0.3, 0.4) is 0 Å². The summed E-state index contributed by atoms with van der Waals surface area (Å²) in [5, 5.41) is 9.66. The Balaban J connectivity index is 2.25. The topological polar surface area (TPSA) is 94.6 Å². The third-order valence-corrected chi connectivity index (χ3v) is 5.30. The molecule has 3 rings (SSSR count). The van der Waals surface area contributed by atoms with Gasteiger partial charge in [-0.05, 0) is 19.9 Å². The zero-order valence-corrected chi connectivity index (χ0v) is 15.5. The maximum absolute atomic E-state index is 12.4. The third-order valence-electron chi connectivity index (χ3n) is 4.14. The molecule has 2 heterocycles. The molecule has 1 aliphatic rings. The number of aryl methyl sites for hydroxylation is 1. The standard InChI is InChI=1S/C19H18N2O4S/c1-4-24-19(22)14-10(2)26-17-15(11-7-5-6-8-13(11)23-3)12(9-20)18(21)25-16(14)17/h5-8,15H,4,21H2,1-3H3. The van der Waals surface area contributed by atoms with Crippen molar-refractivity contribution in [3.63, 3.8) is 0 Å². The summed E-state index contributed by atoms with van der Waals surface area (Å²) < 4.78 is 16.3. The Morgan fingerprint density at radius 3 is 2.81 bits per heavy atom. The van der Waals surface area contributed by atoms with Gasteiger partial charge in [0, 0.05) is 10.4 Å². The van der Waals surface area contributed by atoms with Crippen LogP contribution in [0, 0.1) is 18.3 Å². The van der Waals surface area contributed by atoms with E-state index in [1.165, 1.54) is 11.3 Å². The van der Waals surface area contributed by atoms with Crippen molar-refractivity contribution in [3.05, 3.63) is 56.6 Å². The van der Waals surface area contributed by atoms with Gasteiger partial charge in [-0.2, -0.15) is 5.26 Å². The zero-order valence-electron chi connectivity index (χ0n) is 14.7. The molecule has 1 aromatic carbocycles. The van der Waals surface area contributed by atoms with Crippen molar-refractivity contribution < 1.29 is 19.0 Å². The molecule has 0 fully saturated rings. The first-order chi connectivity index (χ1) is 12.5. The number of methoxy groups -OCH3 is 1. The van der Waals surface area contributed by atoms with Crippen molar-refractivity contribution in [1.82, 2.24) is 0 Å². The Hall–Kier alpha value is -2.98. The van der Waals surface area contributed by atoms with Gasteiger partial charge in [-0.25, -0.2) is 4.79 Å². The summed E-state index contributed by atoms with van der Waals surface area (Å²) in [5.74, 6) is 0.0495. The molecule has 1 aliphatic heterocycles. The lowest BCUT2D eigenvalue weighted by Gasteiger charge is -2.25. The molecule has 134 valence electrons. The van der Waals surface area contributed by atoms with Gasteiger partial charge in [0.15, 0.2) is 5.75 Å². The van der Waals surface area contributed by atoms with Crippen LogP contribution in [0.25, 0.3) is 0 Å². The molecule has 0 bridgehead atoms. The quantitative estimate of drug-likeness (QED) is 0.828. The van der Waals surface area contributed by atoms with Crippen LogP contribution in [-0.2, 0) is 4.74 Å². The van der Waals surface area contributed by atoms with E-state index in [0.717, 1.165) is 15.3 Å². The summed E-state index contributed by atoms with van der Waals surface area (Å²) in [4.78, 5) is 13.9. The average molecular weight is 370 g/mol. The molecule has 2 N–H and O–H groups in total. The fourth-order valence-electron chi connectivity index (χ4n) is 3.04. The van der Waals surface area contributed by atoms with Crippen LogP contribution in [0.5, 0.6) is 11.5 Å². The number of rotatable bonds is 4. The summed E-state index contributed by atoms with van der Waals surface area (Å²) in [7, 11) is 1.57. The van der Waals surface area contributed by atoms with Crippen LogP contribution in [0.2, 0.25) is 0 Å². The van der Waals surface area contributed by atoms with E-state index in [4.69, 9.17) is 19.9 Å². The van der Waals surface area contributed by atoms with Crippen molar-refractivity contribution >= 4 is 17.3 Å². The van der Waals surface area contributed by atoms with Crippen molar-refractivity contribution in [2.24, 2.45) is 5.73 Å². The largest absolute Gasteiger partial charge is 0.496 e. The van der Waals surface area contributed by atoms with Crippen molar-refractivity contribution in [2.45, 2.75) is 19.8 Å². The Kier molecular flexibility index (Phi) is 4.87. The molecule has 0 spiro atoms. The number of ether oxygens (including phenoxy) is 3. The number of allylic oxidation sites excluding steroid dienone is 1. The van der Waals surface area contributed by atoms with E-state index in [-0.39, 0.29) is 12.5 Å². The Bertz CT molecular complexity index is 940. The molecule has 26 heavy (non-hydrogen) atoms. The Labute approximate surface area is 155 Å². The highest BCUT2D eigenvalue weighted by atomic mass is 32.1. The van der Waals surface area contributed by atoms with E-state index in [1.54, 1.807) is 14.0 Å². The summed E-state index contributed by atoms with van der Waals surface area (Å²) in [5.41, 5.74) is 7.45. The fourth-order valence-corrected chi connectivity index (χ4v) is 4.24. The van der Waals surface area contributed by atoms with Gasteiger partial charge in [0.05, 0.1) is 24.5 Å². The number of esters is 1. The number of nitrogens with zero attached hydrogens (tertiary/aromatic N) is 1. The van der Waals surface area contributed by atoms with Crippen LogP contribution >= 0.6 is 11.3 Å². The molecular formula is C19H18N2O4S. The van der Waals surface area contributed by atoms with E-state index in [1.807, 2.05) is 31.2 Å². The number of thiophene rings is 1. The van der Waals surface area contributed by atoms with Crippen molar-refractivity contribution in [2.75, 3.05) is 13.7 Å². The molecule has 0 aliphatic carbocycles. The number of hydrogen-bond acceptors (Lipinski definition) is 7. The summed E-state index contributed by atoms with van der Waals surface area (Å²) in [6, 6.07) is 9.56. The number of para-hydroxylation sites is 1. The van der Waals surface area contributed by atoms with E-state index < -0.39 is 11.9 Å². The van der Waals surface area contributed by atoms with Crippen LogP contribution in [-0.4, -0.2) is 19.7 Å². The first-order valence-corrected chi connectivity index (χ1v) is 8.86. The number of hydrogen-bond donors (Lipinski definition) is 1. The molecule has 0 saturated heterocycles. The molecule has 0 radical (unpaired) electrons. The highest BCUT2D eigenvalue weighted by Crippen LogP contribution is 2.50. The average Bonchev–Trinajstić information content (AvgIpc) is 2.96. The lowest BCUT2D eigenvalue weighted by molar-refractivity contribution is 0.0522. The van der Waals surface area contributed by atoms with Gasteiger partial charge in [0.1, 0.15) is 23.0 Å². The molecule has 1 aromatic heterocycles. The van der Waals surface area contributed by atoms with E-state index in [2.05, 4.69) is 6.07 Å². The van der Waals surface area contributed by atoms with Crippen molar-refractivity contribution in [1.29, 1.82) is 5.26 Å². The van der Waals surface area contributed by atoms with Crippen LogP contribution in [0.4, 0.5) is 0 Å². The molecule has 7 heteroatoms. The van der Waals surface area contributed by atoms with Gasteiger partial charge >= 0.3 is 5.97 Å². The minimum absolute atomic E-state index is 0.0146. The first kappa shape index (κ1) is 17.8. The molecule has 1 atom stereocenters. The van der Waals surface area contributed by atoms with Gasteiger partial charge in [-0.3, -0.25) is 0 Å². The normalized spacial score (nSPS) is 15.7. The monoisotopic (exact) mass is 370 g/mol. The highest BCUT2D eigenvalue weighted by molar-refractivity contribution is 7.12. The van der Waals surface area contributed by atoms with Crippen molar-refractivity contribution in [3.8, 4) is 17.6 Å². The van der Waals surface area contributed by atoms with Gasteiger partial charge in [-0.15, -0.1) is 11.3 Å². The predicted molar refractivity (Wildman–Crippen MR) is 97.3 cm³/mol. The zero-order chi connectivity index (χ0) is 18.8. The molecule has 0 saturated carbocycles. The molecule has 0 amide bonds. The molecule has 6 nitrogen and oxygen atoms in total. The van der Waals surface area contributed by atoms with Crippen LogP contribution in [0.15, 0.2) is 35.7 Å². The SMILES string of the molecule is CCOC(=O)c1c(C)sc2c1OC(N)=C(C#N)C2c1ccccc1OC. The van der Waals surface area contributed by atoms with Gasteiger partial charge in [0.25, 0.3) is 0 Å². The second kappa shape index (κ2) is 7.10.